The van der Waals surface area contributed by atoms with E-state index in [4.69, 9.17) is 14.5 Å². The topological polar surface area (TPSA) is 100 Å². The number of aryl methyl sites for hydroxylation is 2. The molecule has 9 nitrogen and oxygen atoms in total. The molecular formula is C23H29N5O4S. The number of fused-ring (bicyclic) bond motifs is 2. The Bertz CT molecular complexity index is 1220. The Hall–Kier alpha value is -2.69. The monoisotopic (exact) mass is 471 g/mol. The van der Waals surface area contributed by atoms with Crippen LogP contribution in [0.5, 0.6) is 0 Å². The standard InChI is InChI=1S/C23H29N5O4S/c1-5-31-20(32-6-2)12-24-19(29)10-16-13-33-23-26-21-17(22(30)27(16)23)11-25-28(21)18-8-7-14(3)9-15(18)4/h7-9,11,16,20H,5-6,10,12-13H2,1-4H3,(H,24,29). The minimum atomic E-state index is -0.478. The van der Waals surface area contributed by atoms with Crippen molar-refractivity contribution in [2.75, 3.05) is 25.5 Å². The summed E-state index contributed by atoms with van der Waals surface area (Å²) in [5.74, 6) is 0.454. The van der Waals surface area contributed by atoms with Crippen LogP contribution in [-0.4, -0.2) is 57.0 Å². The van der Waals surface area contributed by atoms with Crippen LogP contribution in [0.2, 0.25) is 0 Å². The average Bonchev–Trinajstić information content (AvgIpc) is 3.37. The zero-order chi connectivity index (χ0) is 23.5. The van der Waals surface area contributed by atoms with Crippen LogP contribution in [0.25, 0.3) is 16.7 Å². The number of ether oxygens (including phenoxy) is 2. The van der Waals surface area contributed by atoms with Gasteiger partial charge in [0.2, 0.25) is 5.91 Å². The maximum absolute atomic E-state index is 13.3. The van der Waals surface area contributed by atoms with Gasteiger partial charge in [0, 0.05) is 25.4 Å². The summed E-state index contributed by atoms with van der Waals surface area (Å²) in [4.78, 5) is 30.6. The molecule has 3 aromatic rings. The van der Waals surface area contributed by atoms with Gasteiger partial charge in [-0.3, -0.25) is 14.2 Å². The van der Waals surface area contributed by atoms with Crippen molar-refractivity contribution in [3.63, 3.8) is 0 Å². The molecule has 1 N–H and O–H groups in total. The van der Waals surface area contributed by atoms with Crippen molar-refractivity contribution >= 4 is 28.7 Å². The molecule has 0 saturated carbocycles. The van der Waals surface area contributed by atoms with Crippen molar-refractivity contribution < 1.29 is 14.3 Å². The predicted octanol–water partition coefficient (Wildman–Crippen LogP) is 2.75. The molecule has 1 aliphatic rings. The summed E-state index contributed by atoms with van der Waals surface area (Å²) in [5.41, 5.74) is 3.47. The molecule has 1 amide bonds. The molecule has 0 radical (unpaired) electrons. The number of hydrogen-bond acceptors (Lipinski definition) is 7. The van der Waals surface area contributed by atoms with E-state index in [0.717, 1.165) is 16.8 Å². The fraction of sp³-hybridized carbons (Fsp3) is 0.478. The number of carbonyl (C=O) groups excluding carboxylic acids is 1. The van der Waals surface area contributed by atoms with Crippen molar-refractivity contribution in [2.24, 2.45) is 0 Å². The number of hydrogen-bond donors (Lipinski definition) is 1. The van der Waals surface area contributed by atoms with Gasteiger partial charge in [-0.05, 0) is 39.3 Å². The Balaban J connectivity index is 1.55. The molecule has 4 rings (SSSR count). The van der Waals surface area contributed by atoms with E-state index in [0.29, 0.717) is 35.2 Å². The highest BCUT2D eigenvalue weighted by atomic mass is 32.2. The molecule has 0 saturated heterocycles. The number of aromatic nitrogens is 4. The van der Waals surface area contributed by atoms with Crippen molar-refractivity contribution in [1.29, 1.82) is 0 Å². The van der Waals surface area contributed by atoms with Gasteiger partial charge in [-0.2, -0.15) is 5.10 Å². The molecule has 1 aliphatic heterocycles. The van der Waals surface area contributed by atoms with E-state index in [1.54, 1.807) is 15.4 Å². The van der Waals surface area contributed by atoms with Crippen LogP contribution >= 0.6 is 11.8 Å². The Kier molecular flexibility index (Phi) is 7.16. The Labute approximate surface area is 196 Å². The normalized spacial score (nSPS) is 15.4. The van der Waals surface area contributed by atoms with Crippen LogP contribution in [-0.2, 0) is 14.3 Å². The van der Waals surface area contributed by atoms with Gasteiger partial charge in [-0.25, -0.2) is 9.67 Å². The first-order chi connectivity index (χ1) is 15.9. The molecule has 2 aromatic heterocycles. The number of benzene rings is 1. The molecule has 0 aliphatic carbocycles. The molecule has 176 valence electrons. The maximum Gasteiger partial charge on any atom is 0.265 e. The lowest BCUT2D eigenvalue weighted by Crippen LogP contribution is -2.37. The Morgan fingerprint density at radius 2 is 2.03 bits per heavy atom. The number of rotatable bonds is 9. The lowest BCUT2D eigenvalue weighted by Gasteiger charge is -2.18. The van der Waals surface area contributed by atoms with Gasteiger partial charge in [-0.15, -0.1) is 0 Å². The van der Waals surface area contributed by atoms with Crippen LogP contribution in [0.4, 0.5) is 0 Å². The van der Waals surface area contributed by atoms with Gasteiger partial charge in [-0.1, -0.05) is 29.5 Å². The molecule has 0 bridgehead atoms. The van der Waals surface area contributed by atoms with Crippen LogP contribution < -0.4 is 10.9 Å². The molecule has 33 heavy (non-hydrogen) atoms. The smallest absolute Gasteiger partial charge is 0.265 e. The summed E-state index contributed by atoms with van der Waals surface area (Å²) in [6.07, 6.45) is 1.27. The van der Waals surface area contributed by atoms with Gasteiger partial charge in [0.1, 0.15) is 5.39 Å². The molecule has 1 atom stereocenters. The highest BCUT2D eigenvalue weighted by Crippen LogP contribution is 2.33. The number of amides is 1. The van der Waals surface area contributed by atoms with Crippen LogP contribution in [0.1, 0.15) is 37.4 Å². The summed E-state index contributed by atoms with van der Waals surface area (Å²) < 4.78 is 14.3. The summed E-state index contributed by atoms with van der Waals surface area (Å²) in [5, 5.41) is 8.36. The second-order valence-corrected chi connectivity index (χ2v) is 8.95. The van der Waals surface area contributed by atoms with Crippen molar-refractivity contribution in [2.45, 2.75) is 51.6 Å². The third-order valence-corrected chi connectivity index (χ3v) is 6.64. The zero-order valence-corrected chi connectivity index (χ0v) is 20.1. The van der Waals surface area contributed by atoms with Gasteiger partial charge >= 0.3 is 0 Å². The largest absolute Gasteiger partial charge is 0.351 e. The predicted molar refractivity (Wildman–Crippen MR) is 127 cm³/mol. The number of thioether (sulfide) groups is 1. The van der Waals surface area contributed by atoms with Crippen LogP contribution in [0.15, 0.2) is 34.3 Å². The fourth-order valence-corrected chi connectivity index (χ4v) is 5.15. The quantitative estimate of drug-likeness (QED) is 0.378. The van der Waals surface area contributed by atoms with Crippen LogP contribution in [0.3, 0.4) is 0 Å². The van der Waals surface area contributed by atoms with Crippen molar-refractivity contribution in [1.82, 2.24) is 24.6 Å². The van der Waals surface area contributed by atoms with Crippen molar-refractivity contribution in [3.05, 3.63) is 45.9 Å². The van der Waals surface area contributed by atoms with Crippen molar-refractivity contribution in [3.8, 4) is 5.69 Å². The number of nitrogens with one attached hydrogen (secondary N) is 1. The third-order valence-electron chi connectivity index (χ3n) is 5.54. The van der Waals surface area contributed by atoms with E-state index in [1.807, 2.05) is 39.8 Å². The first kappa shape index (κ1) is 23.5. The second-order valence-electron chi connectivity index (χ2n) is 7.97. The molecular weight excluding hydrogens is 442 g/mol. The highest BCUT2D eigenvalue weighted by molar-refractivity contribution is 7.99. The zero-order valence-electron chi connectivity index (χ0n) is 19.3. The van der Waals surface area contributed by atoms with E-state index < -0.39 is 6.29 Å². The third kappa shape index (κ3) is 4.83. The summed E-state index contributed by atoms with van der Waals surface area (Å²) in [6.45, 7) is 9.07. The molecule has 1 aromatic carbocycles. The first-order valence-corrected chi connectivity index (χ1v) is 12.1. The Morgan fingerprint density at radius 3 is 2.73 bits per heavy atom. The minimum absolute atomic E-state index is 0.157. The molecule has 0 spiro atoms. The van der Waals surface area contributed by atoms with Gasteiger partial charge < -0.3 is 14.8 Å². The van der Waals surface area contributed by atoms with Crippen LogP contribution in [0, 0.1) is 13.8 Å². The van der Waals surface area contributed by atoms with E-state index in [2.05, 4.69) is 16.5 Å². The molecule has 3 heterocycles. The van der Waals surface area contributed by atoms with Gasteiger partial charge in [0.25, 0.3) is 5.56 Å². The molecule has 0 fully saturated rings. The molecule has 1 unspecified atom stereocenters. The van der Waals surface area contributed by atoms with Gasteiger partial charge in [0.05, 0.1) is 24.5 Å². The SMILES string of the molecule is CCOC(CNC(=O)CC1CSc2nc3c(cnn3-c3ccc(C)cc3C)c(=O)n21)OCC. The highest BCUT2D eigenvalue weighted by Gasteiger charge is 2.30. The minimum Gasteiger partial charge on any atom is -0.351 e. The fourth-order valence-electron chi connectivity index (χ4n) is 4.02. The summed E-state index contributed by atoms with van der Waals surface area (Å²) >= 11 is 1.48. The van der Waals surface area contributed by atoms with E-state index in [1.165, 1.54) is 11.8 Å². The lowest BCUT2D eigenvalue weighted by atomic mass is 10.1. The van der Waals surface area contributed by atoms with E-state index in [9.17, 15) is 9.59 Å². The van der Waals surface area contributed by atoms with Gasteiger partial charge in [0.15, 0.2) is 17.1 Å². The number of carbonyl (C=O) groups is 1. The lowest BCUT2D eigenvalue weighted by molar-refractivity contribution is -0.140. The molecule has 10 heteroatoms. The average molecular weight is 472 g/mol. The second kappa shape index (κ2) is 10.1. The maximum atomic E-state index is 13.3. The first-order valence-electron chi connectivity index (χ1n) is 11.1. The summed E-state index contributed by atoms with van der Waals surface area (Å²) in [7, 11) is 0. The van der Waals surface area contributed by atoms with E-state index in [-0.39, 0.29) is 30.5 Å². The summed E-state index contributed by atoms with van der Waals surface area (Å²) in [6, 6.07) is 5.81. The Morgan fingerprint density at radius 1 is 1.27 bits per heavy atom. The number of nitrogens with zero attached hydrogens (tertiary/aromatic N) is 4. The van der Waals surface area contributed by atoms with E-state index >= 15 is 0 Å².